The van der Waals surface area contributed by atoms with Gasteiger partial charge in [0.15, 0.2) is 12.5 Å². The van der Waals surface area contributed by atoms with Crippen LogP contribution in [-0.4, -0.2) is 33.8 Å². The highest BCUT2D eigenvalue weighted by Gasteiger charge is 2.43. The second-order valence-corrected chi connectivity index (χ2v) is 5.05. The SMILES string of the molecule is CC1=C(OCC(=O)Cl)N2C(=O)C[C@@H]2SC1. The van der Waals surface area contributed by atoms with E-state index in [9.17, 15) is 9.59 Å². The number of hydrogen-bond donors (Lipinski definition) is 0. The van der Waals surface area contributed by atoms with Gasteiger partial charge in [0.05, 0.1) is 11.8 Å². The van der Waals surface area contributed by atoms with E-state index in [0.29, 0.717) is 12.3 Å². The molecule has 4 nitrogen and oxygen atoms in total. The summed E-state index contributed by atoms with van der Waals surface area (Å²) in [6.07, 6.45) is 0.555. The summed E-state index contributed by atoms with van der Waals surface area (Å²) < 4.78 is 5.25. The van der Waals surface area contributed by atoms with E-state index < -0.39 is 5.24 Å². The van der Waals surface area contributed by atoms with Crippen molar-refractivity contribution >= 4 is 34.5 Å². The Morgan fingerprint density at radius 2 is 2.47 bits per heavy atom. The molecule has 0 aromatic rings. The van der Waals surface area contributed by atoms with Crippen LogP contribution in [0.25, 0.3) is 0 Å². The number of amides is 1. The first-order chi connectivity index (χ1) is 7.09. The van der Waals surface area contributed by atoms with Gasteiger partial charge in [-0.1, -0.05) is 0 Å². The normalized spacial score (nSPS) is 24.8. The number of β-lactam (4-membered cyclic amide) rings is 1. The maximum absolute atomic E-state index is 11.3. The molecule has 0 bridgehead atoms. The average molecular weight is 248 g/mol. The lowest BCUT2D eigenvalue weighted by Crippen LogP contribution is -2.52. The summed E-state index contributed by atoms with van der Waals surface area (Å²) in [5, 5.41) is -0.375. The lowest BCUT2D eigenvalue weighted by Gasteiger charge is -2.43. The predicted molar refractivity (Wildman–Crippen MR) is 57.2 cm³/mol. The smallest absolute Gasteiger partial charge is 0.259 e. The molecule has 0 aromatic carbocycles. The predicted octanol–water partition coefficient (Wildman–Crippen LogP) is 1.31. The molecule has 0 unspecified atom stereocenters. The van der Waals surface area contributed by atoms with Gasteiger partial charge in [-0.3, -0.25) is 14.5 Å². The standard InChI is InChI=1S/C9H10ClNO3S/c1-5-4-15-8-2-7(13)11(8)9(5)14-3-6(10)12/h8H,2-4H2,1H3/t8-/m0/s1. The highest BCUT2D eigenvalue weighted by atomic mass is 35.5. The number of hydrogen-bond acceptors (Lipinski definition) is 4. The van der Waals surface area contributed by atoms with E-state index in [1.54, 1.807) is 16.7 Å². The monoisotopic (exact) mass is 247 g/mol. The number of fused-ring (bicyclic) bond motifs is 1. The molecule has 2 aliphatic rings. The van der Waals surface area contributed by atoms with Crippen LogP contribution in [0.15, 0.2) is 11.5 Å². The third-order valence-corrected chi connectivity index (χ3v) is 3.78. The van der Waals surface area contributed by atoms with Gasteiger partial charge in [-0.15, -0.1) is 11.8 Å². The van der Waals surface area contributed by atoms with E-state index in [1.807, 2.05) is 6.92 Å². The van der Waals surface area contributed by atoms with E-state index in [1.165, 1.54) is 0 Å². The van der Waals surface area contributed by atoms with Crippen LogP contribution >= 0.6 is 23.4 Å². The lowest BCUT2D eigenvalue weighted by molar-refractivity contribution is -0.143. The molecule has 15 heavy (non-hydrogen) atoms. The van der Waals surface area contributed by atoms with Gasteiger partial charge in [-0.05, 0) is 24.1 Å². The Morgan fingerprint density at radius 1 is 1.73 bits per heavy atom. The van der Waals surface area contributed by atoms with E-state index in [0.717, 1.165) is 11.3 Å². The Hall–Kier alpha value is -0.680. The summed E-state index contributed by atoms with van der Waals surface area (Å²) >= 11 is 6.90. The van der Waals surface area contributed by atoms with Crippen molar-refractivity contribution in [3.63, 3.8) is 0 Å². The van der Waals surface area contributed by atoms with Crippen molar-refractivity contribution in [2.45, 2.75) is 18.7 Å². The Kier molecular flexibility index (Phi) is 2.93. The van der Waals surface area contributed by atoms with Crippen molar-refractivity contribution in [1.82, 2.24) is 4.90 Å². The second-order valence-electron chi connectivity index (χ2n) is 3.46. The zero-order chi connectivity index (χ0) is 11.0. The molecule has 2 rings (SSSR count). The van der Waals surface area contributed by atoms with Crippen molar-refractivity contribution < 1.29 is 14.3 Å². The fraction of sp³-hybridized carbons (Fsp3) is 0.556. The van der Waals surface area contributed by atoms with Gasteiger partial charge >= 0.3 is 0 Å². The molecular formula is C9H10ClNO3S. The third-order valence-electron chi connectivity index (χ3n) is 2.30. The number of thioether (sulfide) groups is 1. The van der Waals surface area contributed by atoms with Crippen LogP contribution in [-0.2, 0) is 14.3 Å². The molecule has 1 amide bonds. The molecule has 1 fully saturated rings. The number of carbonyl (C=O) groups excluding carboxylic acids is 2. The van der Waals surface area contributed by atoms with E-state index >= 15 is 0 Å². The average Bonchev–Trinajstić information content (AvgIpc) is 2.16. The first-order valence-electron chi connectivity index (χ1n) is 4.54. The number of rotatable bonds is 3. The van der Waals surface area contributed by atoms with Gasteiger partial charge in [0.1, 0.15) is 0 Å². The van der Waals surface area contributed by atoms with E-state index in [4.69, 9.17) is 16.3 Å². The molecule has 0 radical (unpaired) electrons. The molecular weight excluding hydrogens is 238 g/mol. The molecule has 82 valence electrons. The Bertz CT molecular complexity index is 355. The Labute approximate surface area is 96.6 Å². The molecule has 1 saturated heterocycles. The number of halogens is 1. The van der Waals surface area contributed by atoms with Crippen LogP contribution in [0.1, 0.15) is 13.3 Å². The van der Waals surface area contributed by atoms with Crippen molar-refractivity contribution in [2.24, 2.45) is 0 Å². The zero-order valence-electron chi connectivity index (χ0n) is 8.16. The van der Waals surface area contributed by atoms with E-state index in [-0.39, 0.29) is 17.9 Å². The maximum atomic E-state index is 11.3. The van der Waals surface area contributed by atoms with Crippen LogP contribution in [0.5, 0.6) is 0 Å². The number of nitrogens with zero attached hydrogens (tertiary/aromatic N) is 1. The van der Waals surface area contributed by atoms with Crippen LogP contribution in [0.2, 0.25) is 0 Å². The lowest BCUT2D eigenvalue weighted by atomic mass is 10.2. The summed E-state index contributed by atoms with van der Waals surface area (Å²) in [4.78, 5) is 23.5. The Balaban J connectivity index is 2.11. The Morgan fingerprint density at radius 3 is 3.07 bits per heavy atom. The molecule has 0 N–H and O–H groups in total. The van der Waals surface area contributed by atoms with Crippen LogP contribution in [0.4, 0.5) is 0 Å². The van der Waals surface area contributed by atoms with Gasteiger partial charge in [-0.2, -0.15) is 0 Å². The van der Waals surface area contributed by atoms with Crippen LogP contribution in [0, 0.1) is 0 Å². The minimum absolute atomic E-state index is 0.0450. The molecule has 0 aromatic heterocycles. The molecule has 0 spiro atoms. The summed E-state index contributed by atoms with van der Waals surface area (Å²) in [5.41, 5.74) is 0.974. The minimum atomic E-state index is -0.557. The fourth-order valence-electron chi connectivity index (χ4n) is 1.57. The molecule has 6 heteroatoms. The number of ether oxygens (including phenoxy) is 1. The van der Waals surface area contributed by atoms with E-state index in [2.05, 4.69) is 0 Å². The summed E-state index contributed by atoms with van der Waals surface area (Å²) in [5.74, 6) is 1.40. The maximum Gasteiger partial charge on any atom is 0.259 e. The number of carbonyl (C=O) groups is 2. The summed E-state index contributed by atoms with van der Waals surface area (Å²) in [7, 11) is 0. The molecule has 1 atom stereocenters. The minimum Gasteiger partial charge on any atom is -0.469 e. The van der Waals surface area contributed by atoms with Gasteiger partial charge in [0.25, 0.3) is 5.24 Å². The van der Waals surface area contributed by atoms with Gasteiger partial charge in [0, 0.05) is 5.75 Å². The van der Waals surface area contributed by atoms with Crippen LogP contribution in [0.3, 0.4) is 0 Å². The van der Waals surface area contributed by atoms with Crippen molar-refractivity contribution in [1.29, 1.82) is 0 Å². The zero-order valence-corrected chi connectivity index (χ0v) is 9.73. The second kappa shape index (κ2) is 4.06. The summed E-state index contributed by atoms with van der Waals surface area (Å²) in [6, 6.07) is 0. The molecule has 2 heterocycles. The molecule has 0 aliphatic carbocycles. The highest BCUT2D eigenvalue weighted by molar-refractivity contribution is 8.00. The highest BCUT2D eigenvalue weighted by Crippen LogP contribution is 2.39. The quantitative estimate of drug-likeness (QED) is 0.557. The topological polar surface area (TPSA) is 46.6 Å². The van der Waals surface area contributed by atoms with Crippen molar-refractivity contribution in [3.05, 3.63) is 11.5 Å². The first-order valence-corrected chi connectivity index (χ1v) is 5.97. The van der Waals surface area contributed by atoms with Gasteiger partial charge in [0.2, 0.25) is 5.91 Å². The molecule has 2 aliphatic heterocycles. The van der Waals surface area contributed by atoms with Crippen molar-refractivity contribution in [2.75, 3.05) is 12.4 Å². The summed E-state index contributed by atoms with van der Waals surface area (Å²) in [6.45, 7) is 1.71. The molecule has 0 saturated carbocycles. The third kappa shape index (κ3) is 1.99. The van der Waals surface area contributed by atoms with Crippen LogP contribution < -0.4 is 0 Å². The van der Waals surface area contributed by atoms with Crippen molar-refractivity contribution in [3.8, 4) is 0 Å². The first kappa shape index (κ1) is 10.8. The fourth-order valence-corrected chi connectivity index (χ4v) is 2.81. The van der Waals surface area contributed by atoms with Gasteiger partial charge in [-0.25, -0.2) is 0 Å². The van der Waals surface area contributed by atoms with Gasteiger partial charge < -0.3 is 4.74 Å². The largest absolute Gasteiger partial charge is 0.469 e.